The molecule has 56 valence electrons. The quantitative estimate of drug-likeness (QED) is 0.407. The number of hydrogen-bond acceptors (Lipinski definition) is 5. The Morgan fingerprint density at radius 2 is 1.90 bits per heavy atom. The van der Waals surface area contributed by atoms with E-state index < -0.39 is 23.5 Å². The second-order valence-electron chi connectivity index (χ2n) is 1.71. The molecular formula is C5H6O5. The smallest absolute Gasteiger partial charge is 0.216 e. The van der Waals surface area contributed by atoms with E-state index >= 15 is 0 Å². The topological polar surface area (TPSA) is 94.1 Å². The number of rotatable bonds is 1. The summed E-state index contributed by atoms with van der Waals surface area (Å²) in [5, 5.41) is 34.2. The summed E-state index contributed by atoms with van der Waals surface area (Å²) in [5.41, 5.74) is 0. The summed E-state index contributed by atoms with van der Waals surface area (Å²) in [5.74, 6) is -1.62. The Morgan fingerprint density at radius 3 is 2.10 bits per heavy atom. The lowest BCUT2D eigenvalue weighted by Crippen LogP contribution is -1.91. The van der Waals surface area contributed by atoms with E-state index in [1.165, 1.54) is 0 Å². The van der Waals surface area contributed by atoms with Gasteiger partial charge in [0.15, 0.2) is 5.75 Å². The van der Waals surface area contributed by atoms with Crippen LogP contribution in [0.25, 0.3) is 0 Å². The molecule has 1 heterocycles. The van der Waals surface area contributed by atoms with Crippen molar-refractivity contribution >= 4 is 0 Å². The van der Waals surface area contributed by atoms with Crippen LogP contribution in [0.4, 0.5) is 0 Å². The van der Waals surface area contributed by atoms with E-state index in [9.17, 15) is 0 Å². The molecule has 1 aromatic heterocycles. The van der Waals surface area contributed by atoms with Crippen molar-refractivity contribution in [2.75, 3.05) is 0 Å². The molecule has 0 unspecified atom stereocenters. The Morgan fingerprint density at radius 1 is 1.30 bits per heavy atom. The lowest BCUT2D eigenvalue weighted by molar-refractivity contribution is -0.0596. The molecule has 5 nitrogen and oxygen atoms in total. The maximum atomic E-state index is 8.74. The van der Waals surface area contributed by atoms with Crippen LogP contribution in [0, 0.1) is 0 Å². The van der Waals surface area contributed by atoms with Crippen LogP contribution in [0.5, 0.6) is 11.5 Å². The molecule has 4 N–H and O–H groups in total. The molecule has 1 rings (SSSR count). The number of aromatic hydroxyl groups is 2. The highest BCUT2D eigenvalue weighted by atomic mass is 16.5. The van der Waals surface area contributed by atoms with Crippen LogP contribution in [-0.2, 0) is 0 Å². The van der Waals surface area contributed by atoms with Gasteiger partial charge in [-0.3, -0.25) is 0 Å². The standard InChI is InChI=1S/C5H6O5/c6-2-1-10-4(3(2)7)5(8)9/h1,5-9H. The average Bonchev–Trinajstić information content (AvgIpc) is 2.14. The van der Waals surface area contributed by atoms with Crippen LogP contribution >= 0.6 is 0 Å². The van der Waals surface area contributed by atoms with Gasteiger partial charge in [-0.05, 0) is 0 Å². The van der Waals surface area contributed by atoms with Gasteiger partial charge in [-0.1, -0.05) is 0 Å². The first-order chi connectivity index (χ1) is 4.63. The number of aliphatic hydroxyl groups excluding tert-OH is 1. The van der Waals surface area contributed by atoms with Crippen molar-refractivity contribution in [3.8, 4) is 11.5 Å². The van der Waals surface area contributed by atoms with Crippen LogP contribution in [-0.4, -0.2) is 20.4 Å². The summed E-state index contributed by atoms with van der Waals surface area (Å²) in [6, 6.07) is 0. The minimum atomic E-state index is -1.90. The van der Waals surface area contributed by atoms with E-state index in [2.05, 4.69) is 4.42 Å². The first-order valence-corrected chi connectivity index (χ1v) is 2.48. The van der Waals surface area contributed by atoms with Crippen molar-refractivity contribution in [3.63, 3.8) is 0 Å². The SMILES string of the molecule is Oc1coc(C(O)O)c1O. The largest absolute Gasteiger partial charge is 0.502 e. The summed E-state index contributed by atoms with van der Waals surface area (Å²) in [6.45, 7) is 0. The third kappa shape index (κ3) is 0.916. The summed E-state index contributed by atoms with van der Waals surface area (Å²) in [4.78, 5) is 0. The van der Waals surface area contributed by atoms with Crippen molar-refractivity contribution in [2.24, 2.45) is 0 Å². The normalized spacial score (nSPS) is 10.7. The molecule has 0 aliphatic heterocycles. The van der Waals surface area contributed by atoms with Crippen molar-refractivity contribution in [3.05, 3.63) is 12.0 Å². The van der Waals surface area contributed by atoms with E-state index in [1.54, 1.807) is 0 Å². The van der Waals surface area contributed by atoms with Gasteiger partial charge in [0.2, 0.25) is 17.8 Å². The Balaban J connectivity index is 3.05. The van der Waals surface area contributed by atoms with Crippen molar-refractivity contribution in [1.29, 1.82) is 0 Å². The van der Waals surface area contributed by atoms with Gasteiger partial charge >= 0.3 is 0 Å². The first kappa shape index (κ1) is 6.91. The number of furan rings is 1. The molecule has 1 aromatic rings. The highest BCUT2D eigenvalue weighted by Crippen LogP contribution is 2.33. The molecule has 0 saturated heterocycles. The highest BCUT2D eigenvalue weighted by Gasteiger charge is 2.16. The van der Waals surface area contributed by atoms with Gasteiger partial charge in [0.05, 0.1) is 0 Å². The maximum absolute atomic E-state index is 8.74. The summed E-state index contributed by atoms with van der Waals surface area (Å²) >= 11 is 0. The molecule has 0 aliphatic rings. The van der Waals surface area contributed by atoms with Crippen LogP contribution in [0.1, 0.15) is 12.1 Å². The Hall–Kier alpha value is -1.20. The van der Waals surface area contributed by atoms with E-state index in [1.807, 2.05) is 0 Å². The van der Waals surface area contributed by atoms with Gasteiger partial charge in [0.1, 0.15) is 6.26 Å². The molecule has 0 amide bonds. The Kier molecular flexibility index (Phi) is 1.52. The van der Waals surface area contributed by atoms with Gasteiger partial charge in [0.25, 0.3) is 0 Å². The van der Waals surface area contributed by atoms with Crippen LogP contribution in [0.15, 0.2) is 10.7 Å². The monoisotopic (exact) mass is 146 g/mol. The predicted molar refractivity (Wildman–Crippen MR) is 29.2 cm³/mol. The van der Waals surface area contributed by atoms with Gasteiger partial charge < -0.3 is 24.8 Å². The zero-order chi connectivity index (χ0) is 7.72. The van der Waals surface area contributed by atoms with Crippen LogP contribution in [0.2, 0.25) is 0 Å². The molecule has 0 atom stereocenters. The third-order valence-corrected chi connectivity index (χ3v) is 1.01. The van der Waals surface area contributed by atoms with Gasteiger partial charge in [0, 0.05) is 0 Å². The van der Waals surface area contributed by atoms with E-state index in [0.717, 1.165) is 6.26 Å². The summed E-state index contributed by atoms with van der Waals surface area (Å²) < 4.78 is 4.36. The van der Waals surface area contributed by atoms with Gasteiger partial charge in [-0.15, -0.1) is 0 Å². The zero-order valence-electron chi connectivity index (χ0n) is 4.85. The fraction of sp³-hybridized carbons (Fsp3) is 0.200. The second-order valence-corrected chi connectivity index (χ2v) is 1.71. The lowest BCUT2D eigenvalue weighted by Gasteiger charge is -1.96. The van der Waals surface area contributed by atoms with Crippen molar-refractivity contribution in [2.45, 2.75) is 6.29 Å². The van der Waals surface area contributed by atoms with Crippen LogP contribution < -0.4 is 0 Å². The lowest BCUT2D eigenvalue weighted by atomic mass is 10.4. The van der Waals surface area contributed by atoms with E-state index in [-0.39, 0.29) is 0 Å². The molecule has 0 radical (unpaired) electrons. The van der Waals surface area contributed by atoms with Crippen molar-refractivity contribution < 1.29 is 24.8 Å². The van der Waals surface area contributed by atoms with E-state index in [0.29, 0.717) is 0 Å². The minimum absolute atomic E-state index is 0.461. The molecule has 0 aliphatic carbocycles. The van der Waals surface area contributed by atoms with Gasteiger partial charge in [-0.25, -0.2) is 0 Å². The fourth-order valence-corrected chi connectivity index (χ4v) is 0.540. The molecule has 0 saturated carbocycles. The third-order valence-electron chi connectivity index (χ3n) is 1.01. The summed E-state index contributed by atoms with van der Waals surface area (Å²) in [6.07, 6.45) is -1.09. The second kappa shape index (κ2) is 2.20. The fourth-order valence-electron chi connectivity index (χ4n) is 0.540. The highest BCUT2D eigenvalue weighted by molar-refractivity contribution is 5.38. The number of aliphatic hydroxyl groups is 2. The first-order valence-electron chi connectivity index (χ1n) is 2.48. The molecule has 10 heavy (non-hydrogen) atoms. The summed E-state index contributed by atoms with van der Waals surface area (Å²) in [7, 11) is 0. The average molecular weight is 146 g/mol. The minimum Gasteiger partial charge on any atom is -0.502 e. The predicted octanol–water partition coefficient (Wildman–Crippen LogP) is -0.326. The molecule has 0 bridgehead atoms. The molecule has 5 heteroatoms. The van der Waals surface area contributed by atoms with Gasteiger partial charge in [-0.2, -0.15) is 0 Å². The molecule has 0 aromatic carbocycles. The van der Waals surface area contributed by atoms with Crippen LogP contribution in [0.3, 0.4) is 0 Å². The van der Waals surface area contributed by atoms with E-state index in [4.69, 9.17) is 20.4 Å². The zero-order valence-corrected chi connectivity index (χ0v) is 4.85. The maximum Gasteiger partial charge on any atom is 0.216 e. The van der Waals surface area contributed by atoms with Crippen molar-refractivity contribution in [1.82, 2.24) is 0 Å². The Bertz CT molecular complexity index is 226. The molecular weight excluding hydrogens is 140 g/mol. The molecule has 0 fully saturated rings. The number of hydrogen-bond donors (Lipinski definition) is 4. The molecule has 0 spiro atoms. The Labute approximate surface area is 55.8 Å².